The number of hydrogen-bond acceptors (Lipinski definition) is 5. The van der Waals surface area contributed by atoms with E-state index in [0.29, 0.717) is 25.7 Å². The minimum absolute atomic E-state index is 0.0350. The Morgan fingerprint density at radius 3 is 1.56 bits per heavy atom. The van der Waals surface area contributed by atoms with Crippen molar-refractivity contribution in [2.45, 2.75) is 219 Å². The van der Waals surface area contributed by atoms with Crippen LogP contribution in [0.3, 0.4) is 0 Å². The van der Waals surface area contributed by atoms with E-state index in [1.165, 1.54) is 83.5 Å². The zero-order chi connectivity index (χ0) is 40.3. The summed E-state index contributed by atoms with van der Waals surface area (Å²) in [6.07, 6.45) is 52.5. The topological polar surface area (TPSA) is 95.9 Å². The zero-order valence-electron chi connectivity index (χ0n) is 35.8. The zero-order valence-corrected chi connectivity index (χ0v) is 35.8. The number of esters is 1. The molecule has 3 N–H and O–H groups in total. The van der Waals surface area contributed by atoms with Crippen LogP contribution >= 0.6 is 0 Å². The normalized spacial score (nSPS) is 14.1. The number of ether oxygens (including phenoxy) is 1. The number of carbonyl (C=O) groups is 2. The van der Waals surface area contributed by atoms with Gasteiger partial charge in [0.05, 0.1) is 25.2 Å². The van der Waals surface area contributed by atoms with Crippen molar-refractivity contribution in [2.75, 3.05) is 6.61 Å². The Kier molecular flexibility index (Phi) is 40.4. The molecule has 0 aromatic carbocycles. The standard InChI is InChI=1S/C49H85NO5/c1-4-7-10-13-16-19-22-24-26-29-32-35-38-41-47(52)46(44-51)50-48(53)43-45(40-37-34-31-28-21-18-15-12-9-6-3)55-49(54)42-39-36-33-30-27-25-23-20-17-14-11-8-5-2/h8,11,14,17-18,20-21,23,25,27,30,33,45-47,51-52H,4-7,9-10,12-13,15-16,19,22,24,26,28-29,31-32,34-44H2,1-3H3,(H,50,53)/b11-8+,17-14+,21-18-,23-20-,27-25-,33-30+. The molecule has 0 aliphatic heterocycles. The van der Waals surface area contributed by atoms with Crippen molar-refractivity contribution in [3.63, 3.8) is 0 Å². The number of allylic oxidation sites excluding steroid dienone is 12. The highest BCUT2D eigenvalue weighted by atomic mass is 16.5. The van der Waals surface area contributed by atoms with Crippen molar-refractivity contribution < 1.29 is 24.5 Å². The highest BCUT2D eigenvalue weighted by Crippen LogP contribution is 2.16. The third-order valence-corrected chi connectivity index (χ3v) is 9.90. The first-order valence-electron chi connectivity index (χ1n) is 22.7. The minimum Gasteiger partial charge on any atom is -0.462 e. The number of carbonyl (C=O) groups excluding carboxylic acids is 2. The lowest BCUT2D eigenvalue weighted by atomic mass is 10.0. The molecule has 0 saturated carbocycles. The van der Waals surface area contributed by atoms with Gasteiger partial charge in [-0.1, -0.05) is 196 Å². The number of rotatable bonds is 39. The smallest absolute Gasteiger partial charge is 0.306 e. The second-order valence-corrected chi connectivity index (χ2v) is 15.2. The summed E-state index contributed by atoms with van der Waals surface area (Å²) in [5.74, 6) is -0.585. The van der Waals surface area contributed by atoms with Gasteiger partial charge >= 0.3 is 5.97 Å². The first-order valence-corrected chi connectivity index (χ1v) is 22.7. The summed E-state index contributed by atoms with van der Waals surface area (Å²) in [7, 11) is 0. The van der Waals surface area contributed by atoms with E-state index in [0.717, 1.165) is 64.2 Å². The maximum Gasteiger partial charge on any atom is 0.306 e. The molecule has 0 spiro atoms. The third kappa shape index (κ3) is 38.0. The Morgan fingerprint density at radius 2 is 1.00 bits per heavy atom. The van der Waals surface area contributed by atoms with Crippen molar-refractivity contribution in [3.8, 4) is 0 Å². The monoisotopic (exact) mass is 768 g/mol. The molecule has 3 atom stereocenters. The second kappa shape index (κ2) is 42.4. The largest absolute Gasteiger partial charge is 0.462 e. The summed E-state index contributed by atoms with van der Waals surface area (Å²) in [5, 5.41) is 23.6. The van der Waals surface area contributed by atoms with Crippen LogP contribution in [0.2, 0.25) is 0 Å². The van der Waals surface area contributed by atoms with Crippen molar-refractivity contribution in [1.29, 1.82) is 0 Å². The van der Waals surface area contributed by atoms with Gasteiger partial charge in [0.25, 0.3) is 0 Å². The molecule has 0 aliphatic carbocycles. The van der Waals surface area contributed by atoms with Crippen LogP contribution in [0, 0.1) is 0 Å². The van der Waals surface area contributed by atoms with Gasteiger partial charge in [-0.3, -0.25) is 9.59 Å². The van der Waals surface area contributed by atoms with Gasteiger partial charge < -0.3 is 20.3 Å². The molecule has 0 aliphatic rings. The first kappa shape index (κ1) is 52.3. The van der Waals surface area contributed by atoms with E-state index < -0.39 is 18.2 Å². The van der Waals surface area contributed by atoms with E-state index in [2.05, 4.69) is 44.3 Å². The molecular formula is C49H85NO5. The summed E-state index contributed by atoms with van der Waals surface area (Å²) in [6, 6.07) is -0.721. The highest BCUT2D eigenvalue weighted by Gasteiger charge is 2.24. The Morgan fingerprint density at radius 1 is 0.545 bits per heavy atom. The average molecular weight is 768 g/mol. The predicted molar refractivity (Wildman–Crippen MR) is 236 cm³/mol. The van der Waals surface area contributed by atoms with Crippen LogP contribution in [0.4, 0.5) is 0 Å². The van der Waals surface area contributed by atoms with Crippen LogP contribution < -0.4 is 5.32 Å². The van der Waals surface area contributed by atoms with E-state index >= 15 is 0 Å². The van der Waals surface area contributed by atoms with Crippen LogP contribution in [0.1, 0.15) is 201 Å². The van der Waals surface area contributed by atoms with Gasteiger partial charge in [0.2, 0.25) is 5.91 Å². The maximum atomic E-state index is 13.1. The maximum absolute atomic E-state index is 13.1. The lowest BCUT2D eigenvalue weighted by Gasteiger charge is -2.24. The molecule has 0 aromatic rings. The van der Waals surface area contributed by atoms with Crippen LogP contribution in [0.25, 0.3) is 0 Å². The fraction of sp³-hybridized carbons (Fsp3) is 0.714. The molecule has 1 amide bonds. The number of amides is 1. The predicted octanol–water partition coefficient (Wildman–Crippen LogP) is 13.1. The van der Waals surface area contributed by atoms with Gasteiger partial charge in [0, 0.05) is 6.42 Å². The number of aliphatic hydroxyl groups excluding tert-OH is 2. The molecule has 3 unspecified atom stereocenters. The molecular weight excluding hydrogens is 683 g/mol. The summed E-state index contributed by atoms with van der Waals surface area (Å²) in [5.41, 5.74) is 0. The Hall–Kier alpha value is -2.70. The Bertz CT molecular complexity index is 1040. The van der Waals surface area contributed by atoms with Gasteiger partial charge in [0.1, 0.15) is 6.10 Å². The SMILES string of the molecule is CC/C=C/C=C/C=C\C=C/C=C/CCCC(=O)OC(CCCCC/C=C\CCCCC)CC(=O)NC(CO)C(O)CCCCCCCCCCCCCCC. The van der Waals surface area contributed by atoms with Crippen molar-refractivity contribution in [1.82, 2.24) is 5.32 Å². The number of aliphatic hydroxyl groups is 2. The molecule has 0 saturated heterocycles. The third-order valence-electron chi connectivity index (χ3n) is 9.90. The van der Waals surface area contributed by atoms with Gasteiger partial charge in [-0.15, -0.1) is 0 Å². The van der Waals surface area contributed by atoms with Crippen molar-refractivity contribution in [3.05, 3.63) is 72.9 Å². The summed E-state index contributed by atoms with van der Waals surface area (Å²) >= 11 is 0. The fourth-order valence-corrected chi connectivity index (χ4v) is 6.45. The minimum atomic E-state index is -0.804. The average Bonchev–Trinajstić information content (AvgIpc) is 3.18. The highest BCUT2D eigenvalue weighted by molar-refractivity contribution is 5.77. The molecule has 6 heteroatoms. The fourth-order valence-electron chi connectivity index (χ4n) is 6.45. The second-order valence-electron chi connectivity index (χ2n) is 15.2. The van der Waals surface area contributed by atoms with Gasteiger partial charge in [-0.25, -0.2) is 0 Å². The van der Waals surface area contributed by atoms with Crippen LogP contribution in [-0.2, 0) is 14.3 Å². The summed E-state index contributed by atoms with van der Waals surface area (Å²) < 4.78 is 5.84. The van der Waals surface area contributed by atoms with Crippen LogP contribution in [-0.4, -0.2) is 46.9 Å². The molecule has 0 rings (SSSR count). The molecule has 55 heavy (non-hydrogen) atoms. The molecule has 0 aromatic heterocycles. The number of hydrogen-bond donors (Lipinski definition) is 3. The Labute approximate surface area is 339 Å². The van der Waals surface area contributed by atoms with Crippen LogP contribution in [0.15, 0.2) is 72.9 Å². The van der Waals surface area contributed by atoms with Crippen molar-refractivity contribution in [2.24, 2.45) is 0 Å². The molecule has 0 radical (unpaired) electrons. The van der Waals surface area contributed by atoms with Gasteiger partial charge in [-0.05, 0) is 64.2 Å². The molecule has 316 valence electrons. The van der Waals surface area contributed by atoms with Crippen LogP contribution in [0.5, 0.6) is 0 Å². The Balaban J connectivity index is 4.69. The first-order chi connectivity index (χ1) is 27.0. The molecule has 0 heterocycles. The molecule has 0 fully saturated rings. The van der Waals surface area contributed by atoms with E-state index in [9.17, 15) is 19.8 Å². The summed E-state index contributed by atoms with van der Waals surface area (Å²) in [4.78, 5) is 25.9. The van der Waals surface area contributed by atoms with Gasteiger partial charge in [-0.2, -0.15) is 0 Å². The van der Waals surface area contributed by atoms with E-state index in [-0.39, 0.29) is 24.9 Å². The van der Waals surface area contributed by atoms with E-state index in [1.54, 1.807) is 0 Å². The number of unbranched alkanes of at least 4 members (excludes halogenated alkanes) is 19. The molecule has 6 nitrogen and oxygen atoms in total. The molecule has 0 bridgehead atoms. The lowest BCUT2D eigenvalue weighted by Crippen LogP contribution is -2.46. The van der Waals surface area contributed by atoms with E-state index in [1.807, 2.05) is 54.7 Å². The lowest BCUT2D eigenvalue weighted by molar-refractivity contribution is -0.151. The van der Waals surface area contributed by atoms with Gasteiger partial charge in [0.15, 0.2) is 0 Å². The number of nitrogens with one attached hydrogen (secondary N) is 1. The van der Waals surface area contributed by atoms with E-state index in [4.69, 9.17) is 4.74 Å². The quantitative estimate of drug-likeness (QED) is 0.0250. The summed E-state index contributed by atoms with van der Waals surface area (Å²) in [6.45, 7) is 6.26. The van der Waals surface area contributed by atoms with Crippen molar-refractivity contribution >= 4 is 11.9 Å².